The lowest BCUT2D eigenvalue weighted by Crippen LogP contribution is -2.07. The molecule has 5 nitrogen and oxygen atoms in total. The SMILES string of the molecule is O=c1nc2c(Br)n[nH]n2c2ccsc12. The smallest absolute Gasteiger partial charge is 0.266 e. The Hall–Kier alpha value is -1.21. The molecule has 0 bridgehead atoms. The van der Waals surface area contributed by atoms with E-state index in [1.807, 2.05) is 11.4 Å². The summed E-state index contributed by atoms with van der Waals surface area (Å²) in [7, 11) is 0. The molecule has 70 valence electrons. The van der Waals surface area contributed by atoms with E-state index in [1.165, 1.54) is 11.3 Å². The van der Waals surface area contributed by atoms with Gasteiger partial charge in [-0.2, -0.15) is 4.98 Å². The van der Waals surface area contributed by atoms with Gasteiger partial charge in [-0.1, -0.05) is 0 Å². The number of aromatic nitrogens is 4. The van der Waals surface area contributed by atoms with Crippen LogP contribution in [0.5, 0.6) is 0 Å². The molecule has 0 fully saturated rings. The maximum absolute atomic E-state index is 11.5. The minimum absolute atomic E-state index is 0.211. The van der Waals surface area contributed by atoms with Gasteiger partial charge in [-0.15, -0.1) is 16.4 Å². The number of thiophene rings is 1. The number of hydrogen-bond acceptors (Lipinski definition) is 4. The van der Waals surface area contributed by atoms with Crippen molar-refractivity contribution in [3.8, 4) is 0 Å². The van der Waals surface area contributed by atoms with Crippen LogP contribution in [0.4, 0.5) is 0 Å². The zero-order chi connectivity index (χ0) is 9.71. The quantitative estimate of drug-likeness (QED) is 0.672. The molecular formula is C7H3BrN4OS. The second-order valence-corrected chi connectivity index (χ2v) is 4.38. The van der Waals surface area contributed by atoms with Gasteiger partial charge in [0.05, 0.1) is 5.52 Å². The Morgan fingerprint density at radius 2 is 2.43 bits per heavy atom. The lowest BCUT2D eigenvalue weighted by Gasteiger charge is -1.92. The zero-order valence-corrected chi connectivity index (χ0v) is 9.09. The van der Waals surface area contributed by atoms with Crippen molar-refractivity contribution in [1.82, 2.24) is 19.8 Å². The molecule has 0 saturated heterocycles. The second-order valence-electron chi connectivity index (χ2n) is 2.71. The van der Waals surface area contributed by atoms with Gasteiger partial charge >= 0.3 is 0 Å². The van der Waals surface area contributed by atoms with Crippen molar-refractivity contribution in [2.75, 3.05) is 0 Å². The highest BCUT2D eigenvalue weighted by molar-refractivity contribution is 9.10. The van der Waals surface area contributed by atoms with Gasteiger partial charge in [0.15, 0.2) is 10.3 Å². The van der Waals surface area contributed by atoms with Gasteiger partial charge in [0.25, 0.3) is 5.56 Å². The molecule has 0 saturated carbocycles. The van der Waals surface area contributed by atoms with Crippen LogP contribution in [-0.2, 0) is 0 Å². The van der Waals surface area contributed by atoms with E-state index in [9.17, 15) is 4.79 Å². The van der Waals surface area contributed by atoms with E-state index in [-0.39, 0.29) is 5.56 Å². The van der Waals surface area contributed by atoms with Crippen LogP contribution < -0.4 is 5.56 Å². The van der Waals surface area contributed by atoms with Crippen molar-refractivity contribution in [3.63, 3.8) is 0 Å². The molecular weight excluding hydrogens is 268 g/mol. The van der Waals surface area contributed by atoms with Crippen molar-refractivity contribution in [2.45, 2.75) is 0 Å². The van der Waals surface area contributed by atoms with Gasteiger partial charge in [0.1, 0.15) is 4.70 Å². The van der Waals surface area contributed by atoms with Crippen molar-refractivity contribution in [3.05, 3.63) is 26.4 Å². The molecule has 0 spiro atoms. The average Bonchev–Trinajstić information content (AvgIpc) is 2.74. The van der Waals surface area contributed by atoms with Gasteiger partial charge in [-0.3, -0.25) is 4.79 Å². The first-order valence-electron chi connectivity index (χ1n) is 3.77. The predicted molar refractivity (Wildman–Crippen MR) is 56.7 cm³/mol. The largest absolute Gasteiger partial charge is 0.291 e. The fourth-order valence-electron chi connectivity index (χ4n) is 1.33. The van der Waals surface area contributed by atoms with E-state index in [2.05, 4.69) is 31.2 Å². The Labute approximate surface area is 89.5 Å². The van der Waals surface area contributed by atoms with Gasteiger partial charge in [-0.05, 0) is 27.4 Å². The number of aromatic amines is 1. The predicted octanol–water partition coefficient (Wildman–Crippen LogP) is 1.39. The first-order chi connectivity index (χ1) is 6.77. The van der Waals surface area contributed by atoms with Crippen LogP contribution in [0.2, 0.25) is 0 Å². The van der Waals surface area contributed by atoms with Gasteiger partial charge in [0, 0.05) is 0 Å². The highest BCUT2D eigenvalue weighted by Crippen LogP contribution is 2.19. The fraction of sp³-hybridized carbons (Fsp3) is 0. The van der Waals surface area contributed by atoms with Crippen molar-refractivity contribution >= 4 is 43.1 Å². The molecule has 0 aliphatic rings. The molecule has 3 rings (SSSR count). The van der Waals surface area contributed by atoms with Gasteiger partial charge in [0.2, 0.25) is 0 Å². The zero-order valence-electron chi connectivity index (χ0n) is 6.69. The summed E-state index contributed by atoms with van der Waals surface area (Å²) in [6.45, 7) is 0. The summed E-state index contributed by atoms with van der Waals surface area (Å²) < 4.78 is 2.86. The Morgan fingerprint density at radius 3 is 3.29 bits per heavy atom. The first-order valence-corrected chi connectivity index (χ1v) is 5.44. The molecule has 0 aromatic carbocycles. The Morgan fingerprint density at radius 1 is 1.57 bits per heavy atom. The summed E-state index contributed by atoms with van der Waals surface area (Å²) >= 11 is 4.59. The molecule has 1 N–H and O–H groups in total. The van der Waals surface area contributed by atoms with Gasteiger partial charge in [-0.25, -0.2) is 9.73 Å². The Kier molecular flexibility index (Phi) is 1.53. The molecule has 0 atom stereocenters. The molecule has 0 unspecified atom stereocenters. The number of nitrogens with zero attached hydrogens (tertiary/aromatic N) is 3. The second kappa shape index (κ2) is 2.64. The molecule has 7 heteroatoms. The fourth-order valence-corrected chi connectivity index (χ4v) is 2.44. The minimum Gasteiger partial charge on any atom is -0.266 e. The third kappa shape index (κ3) is 0.906. The van der Waals surface area contributed by atoms with E-state index < -0.39 is 0 Å². The average molecular weight is 271 g/mol. The van der Waals surface area contributed by atoms with E-state index in [0.717, 1.165) is 5.52 Å². The van der Waals surface area contributed by atoms with E-state index >= 15 is 0 Å². The van der Waals surface area contributed by atoms with Crippen LogP contribution in [0.3, 0.4) is 0 Å². The highest BCUT2D eigenvalue weighted by atomic mass is 79.9. The molecule has 0 amide bonds. The van der Waals surface area contributed by atoms with Gasteiger partial charge < -0.3 is 0 Å². The summed E-state index contributed by atoms with van der Waals surface area (Å²) in [5, 5.41) is 8.55. The lowest BCUT2D eigenvalue weighted by atomic mass is 10.5. The summed E-state index contributed by atoms with van der Waals surface area (Å²) in [6.07, 6.45) is 0. The monoisotopic (exact) mass is 270 g/mol. The third-order valence-electron chi connectivity index (χ3n) is 1.93. The molecule has 3 aromatic rings. The molecule has 0 radical (unpaired) electrons. The molecule has 3 heterocycles. The van der Waals surface area contributed by atoms with Crippen LogP contribution in [0.1, 0.15) is 0 Å². The van der Waals surface area contributed by atoms with Crippen LogP contribution in [-0.4, -0.2) is 19.8 Å². The van der Waals surface area contributed by atoms with Crippen molar-refractivity contribution in [2.24, 2.45) is 0 Å². The summed E-state index contributed by atoms with van der Waals surface area (Å²) in [5.74, 6) is 0. The summed E-state index contributed by atoms with van der Waals surface area (Å²) in [6, 6.07) is 1.86. The number of fused-ring (bicyclic) bond motifs is 3. The Balaban J connectivity index is 2.74. The molecule has 0 aliphatic heterocycles. The van der Waals surface area contributed by atoms with Crippen molar-refractivity contribution in [1.29, 1.82) is 0 Å². The standard InChI is InChI=1S/C7H3BrN4OS/c8-5-6-9-7(13)4-3(1-2-14-4)12(6)11-10-5/h1-2,11H. The molecule has 3 aromatic heterocycles. The van der Waals surface area contributed by atoms with E-state index in [1.54, 1.807) is 4.52 Å². The first kappa shape index (κ1) is 8.13. The number of hydrogen-bond donors (Lipinski definition) is 1. The van der Waals surface area contributed by atoms with E-state index in [0.29, 0.717) is 15.0 Å². The van der Waals surface area contributed by atoms with Crippen molar-refractivity contribution < 1.29 is 0 Å². The minimum atomic E-state index is -0.211. The normalized spacial score (nSPS) is 11.5. The number of nitrogens with one attached hydrogen (secondary N) is 1. The third-order valence-corrected chi connectivity index (χ3v) is 3.36. The van der Waals surface area contributed by atoms with E-state index in [4.69, 9.17) is 0 Å². The number of halogens is 1. The number of H-pyrrole nitrogens is 1. The maximum atomic E-state index is 11.5. The Bertz CT molecular complexity index is 682. The maximum Gasteiger partial charge on any atom is 0.291 e. The van der Waals surface area contributed by atoms with Crippen LogP contribution in [0, 0.1) is 0 Å². The van der Waals surface area contributed by atoms with Crippen LogP contribution in [0.25, 0.3) is 15.9 Å². The lowest BCUT2D eigenvalue weighted by molar-refractivity contribution is 0.871. The van der Waals surface area contributed by atoms with Crippen LogP contribution in [0.15, 0.2) is 20.8 Å². The topological polar surface area (TPSA) is 63.0 Å². The molecule has 14 heavy (non-hydrogen) atoms. The van der Waals surface area contributed by atoms with Crippen LogP contribution >= 0.6 is 27.3 Å². The summed E-state index contributed by atoms with van der Waals surface area (Å²) in [4.78, 5) is 15.4. The highest BCUT2D eigenvalue weighted by Gasteiger charge is 2.10. The molecule has 0 aliphatic carbocycles. The number of rotatable bonds is 0. The summed E-state index contributed by atoms with van der Waals surface area (Å²) in [5.41, 5.74) is 1.11.